The molecule has 0 unspecified atom stereocenters. The van der Waals surface area contributed by atoms with Crippen molar-refractivity contribution in [1.82, 2.24) is 4.90 Å². The van der Waals surface area contributed by atoms with Crippen molar-refractivity contribution in [1.29, 1.82) is 0 Å². The van der Waals surface area contributed by atoms with Crippen molar-refractivity contribution < 1.29 is 9.21 Å². The third kappa shape index (κ3) is 3.00. The Morgan fingerprint density at radius 3 is 2.95 bits per heavy atom. The molecule has 1 aliphatic rings. The maximum atomic E-state index is 12.4. The SMILES string of the molecule is CCc1oc(C(=O)N2CCC[C@@H]([C@@H](C)N)C2)cc1C. The zero-order valence-electron chi connectivity index (χ0n) is 12.1. The second-order valence-electron chi connectivity index (χ2n) is 5.58. The molecule has 2 rings (SSSR count). The Morgan fingerprint density at radius 2 is 2.37 bits per heavy atom. The quantitative estimate of drug-likeness (QED) is 0.911. The average Bonchev–Trinajstić information content (AvgIpc) is 2.79. The summed E-state index contributed by atoms with van der Waals surface area (Å²) in [6.45, 7) is 7.60. The van der Waals surface area contributed by atoms with Crippen LogP contribution >= 0.6 is 0 Å². The smallest absolute Gasteiger partial charge is 0.289 e. The van der Waals surface area contributed by atoms with Crippen LogP contribution < -0.4 is 5.73 Å². The van der Waals surface area contributed by atoms with E-state index in [-0.39, 0.29) is 11.9 Å². The molecule has 2 N–H and O–H groups in total. The van der Waals surface area contributed by atoms with E-state index in [0.717, 1.165) is 43.7 Å². The van der Waals surface area contributed by atoms with Crippen molar-refractivity contribution in [3.63, 3.8) is 0 Å². The van der Waals surface area contributed by atoms with Crippen LogP contribution in [0.15, 0.2) is 10.5 Å². The molecule has 2 atom stereocenters. The number of piperidine rings is 1. The van der Waals surface area contributed by atoms with E-state index < -0.39 is 0 Å². The van der Waals surface area contributed by atoms with Gasteiger partial charge in [-0.3, -0.25) is 4.79 Å². The lowest BCUT2D eigenvalue weighted by molar-refractivity contribution is 0.0627. The maximum Gasteiger partial charge on any atom is 0.289 e. The number of carbonyl (C=O) groups is 1. The van der Waals surface area contributed by atoms with Gasteiger partial charge in [-0.15, -0.1) is 0 Å². The molecular weight excluding hydrogens is 240 g/mol. The number of carbonyl (C=O) groups excluding carboxylic acids is 1. The first kappa shape index (κ1) is 14.1. The molecule has 0 saturated carbocycles. The topological polar surface area (TPSA) is 59.5 Å². The highest BCUT2D eigenvalue weighted by molar-refractivity contribution is 5.91. The summed E-state index contributed by atoms with van der Waals surface area (Å²) in [6.07, 6.45) is 2.96. The third-order valence-corrected chi connectivity index (χ3v) is 4.04. The molecule has 0 radical (unpaired) electrons. The van der Waals surface area contributed by atoms with Gasteiger partial charge in [0, 0.05) is 25.6 Å². The highest BCUT2D eigenvalue weighted by Crippen LogP contribution is 2.22. The summed E-state index contributed by atoms with van der Waals surface area (Å²) in [7, 11) is 0. The van der Waals surface area contributed by atoms with Crippen molar-refractivity contribution >= 4 is 5.91 Å². The molecule has 1 aromatic rings. The van der Waals surface area contributed by atoms with E-state index >= 15 is 0 Å². The van der Waals surface area contributed by atoms with Crippen molar-refractivity contribution in [3.8, 4) is 0 Å². The molecule has 0 bridgehead atoms. The van der Waals surface area contributed by atoms with Crippen LogP contribution in [0.3, 0.4) is 0 Å². The molecular formula is C15H24N2O2. The van der Waals surface area contributed by atoms with Gasteiger partial charge in [0.05, 0.1) is 0 Å². The van der Waals surface area contributed by atoms with Gasteiger partial charge in [0.1, 0.15) is 5.76 Å². The molecule has 4 nitrogen and oxygen atoms in total. The number of likely N-dealkylation sites (tertiary alicyclic amines) is 1. The summed E-state index contributed by atoms with van der Waals surface area (Å²) >= 11 is 0. The van der Waals surface area contributed by atoms with E-state index in [1.807, 2.05) is 31.7 Å². The number of furan rings is 1. The number of rotatable bonds is 3. The van der Waals surface area contributed by atoms with Gasteiger partial charge in [0.15, 0.2) is 5.76 Å². The fourth-order valence-corrected chi connectivity index (χ4v) is 2.76. The number of hydrogen-bond donors (Lipinski definition) is 1. The Kier molecular flexibility index (Phi) is 4.30. The summed E-state index contributed by atoms with van der Waals surface area (Å²) in [4.78, 5) is 14.3. The van der Waals surface area contributed by atoms with E-state index in [1.165, 1.54) is 0 Å². The lowest BCUT2D eigenvalue weighted by Gasteiger charge is -2.34. The molecule has 2 heterocycles. The van der Waals surface area contributed by atoms with Gasteiger partial charge < -0.3 is 15.1 Å². The van der Waals surface area contributed by atoms with Crippen molar-refractivity contribution in [3.05, 3.63) is 23.2 Å². The summed E-state index contributed by atoms with van der Waals surface area (Å²) in [6, 6.07) is 2.00. The van der Waals surface area contributed by atoms with Crippen LogP contribution in [-0.2, 0) is 6.42 Å². The molecule has 1 amide bonds. The van der Waals surface area contributed by atoms with E-state index in [1.54, 1.807) is 0 Å². The lowest BCUT2D eigenvalue weighted by atomic mass is 9.92. The number of nitrogens with two attached hydrogens (primary N) is 1. The summed E-state index contributed by atoms with van der Waals surface area (Å²) < 4.78 is 5.65. The summed E-state index contributed by atoms with van der Waals surface area (Å²) in [5.74, 6) is 1.79. The van der Waals surface area contributed by atoms with Crippen LogP contribution in [0.1, 0.15) is 48.6 Å². The second-order valence-corrected chi connectivity index (χ2v) is 5.58. The minimum atomic E-state index is 0.00755. The highest BCUT2D eigenvalue weighted by Gasteiger charge is 2.28. The van der Waals surface area contributed by atoms with Gasteiger partial charge in [0.25, 0.3) is 5.91 Å². The molecule has 1 aliphatic heterocycles. The largest absolute Gasteiger partial charge is 0.456 e. The first-order valence-electron chi connectivity index (χ1n) is 7.17. The Bertz CT molecular complexity index is 451. The van der Waals surface area contributed by atoms with Gasteiger partial charge >= 0.3 is 0 Å². The normalized spacial score (nSPS) is 21.5. The van der Waals surface area contributed by atoms with Gasteiger partial charge in [-0.1, -0.05) is 6.92 Å². The zero-order chi connectivity index (χ0) is 14.0. The Morgan fingerprint density at radius 1 is 1.63 bits per heavy atom. The highest BCUT2D eigenvalue weighted by atomic mass is 16.4. The molecule has 1 aromatic heterocycles. The zero-order valence-corrected chi connectivity index (χ0v) is 12.1. The van der Waals surface area contributed by atoms with Crippen molar-refractivity contribution in [2.24, 2.45) is 11.7 Å². The van der Waals surface area contributed by atoms with E-state index in [9.17, 15) is 4.79 Å². The number of aryl methyl sites for hydroxylation is 2. The summed E-state index contributed by atoms with van der Waals surface area (Å²) in [5.41, 5.74) is 7.02. The van der Waals surface area contributed by atoms with E-state index in [2.05, 4.69) is 0 Å². The van der Waals surface area contributed by atoms with Crippen LogP contribution in [0.2, 0.25) is 0 Å². The predicted octanol–water partition coefficient (Wildman–Crippen LogP) is 2.35. The lowest BCUT2D eigenvalue weighted by Crippen LogP contribution is -2.44. The van der Waals surface area contributed by atoms with Crippen LogP contribution in [0, 0.1) is 12.8 Å². The molecule has 1 saturated heterocycles. The fourth-order valence-electron chi connectivity index (χ4n) is 2.76. The minimum Gasteiger partial charge on any atom is -0.456 e. The van der Waals surface area contributed by atoms with Crippen LogP contribution in [0.25, 0.3) is 0 Å². The molecule has 4 heteroatoms. The molecule has 19 heavy (non-hydrogen) atoms. The van der Waals surface area contributed by atoms with Crippen molar-refractivity contribution in [2.75, 3.05) is 13.1 Å². The average molecular weight is 264 g/mol. The molecule has 0 spiro atoms. The number of nitrogens with zero attached hydrogens (tertiary/aromatic N) is 1. The number of amides is 1. The Hall–Kier alpha value is -1.29. The Balaban J connectivity index is 2.10. The predicted molar refractivity (Wildman–Crippen MR) is 75.1 cm³/mol. The van der Waals surface area contributed by atoms with Gasteiger partial charge in [-0.05, 0) is 44.2 Å². The minimum absolute atomic E-state index is 0.00755. The van der Waals surface area contributed by atoms with E-state index in [0.29, 0.717) is 11.7 Å². The van der Waals surface area contributed by atoms with Gasteiger partial charge in [-0.25, -0.2) is 0 Å². The molecule has 106 valence electrons. The first-order chi connectivity index (χ1) is 9.02. The van der Waals surface area contributed by atoms with Crippen molar-refractivity contribution in [2.45, 2.75) is 46.1 Å². The molecule has 1 fully saturated rings. The van der Waals surface area contributed by atoms with Gasteiger partial charge in [-0.2, -0.15) is 0 Å². The third-order valence-electron chi connectivity index (χ3n) is 4.04. The molecule has 0 aromatic carbocycles. The maximum absolute atomic E-state index is 12.4. The van der Waals surface area contributed by atoms with Crippen LogP contribution in [0.4, 0.5) is 0 Å². The molecule has 0 aliphatic carbocycles. The standard InChI is InChI=1S/C15H24N2O2/c1-4-13-10(2)8-14(19-13)15(18)17-7-5-6-12(9-17)11(3)16/h8,11-12H,4-7,9,16H2,1-3H3/t11-,12-/m1/s1. The van der Waals surface area contributed by atoms with Gasteiger partial charge in [0.2, 0.25) is 0 Å². The van der Waals surface area contributed by atoms with E-state index in [4.69, 9.17) is 10.2 Å². The second kappa shape index (κ2) is 5.78. The first-order valence-corrected chi connectivity index (χ1v) is 7.17. The van der Waals surface area contributed by atoms with Crippen LogP contribution in [-0.4, -0.2) is 29.9 Å². The fraction of sp³-hybridized carbons (Fsp3) is 0.667. The Labute approximate surface area is 114 Å². The monoisotopic (exact) mass is 264 g/mol. The number of hydrogen-bond acceptors (Lipinski definition) is 3. The van der Waals surface area contributed by atoms with Crippen LogP contribution in [0.5, 0.6) is 0 Å². The summed E-state index contributed by atoms with van der Waals surface area (Å²) in [5, 5.41) is 0.